The van der Waals surface area contributed by atoms with E-state index in [0.29, 0.717) is 24.5 Å². The third-order valence-electron chi connectivity index (χ3n) is 2.76. The molecule has 0 bridgehead atoms. The van der Waals surface area contributed by atoms with Crippen LogP contribution in [0.4, 0.5) is 0 Å². The summed E-state index contributed by atoms with van der Waals surface area (Å²) in [5.74, 6) is 0.657. The number of rotatable bonds is 7. The van der Waals surface area contributed by atoms with Gasteiger partial charge in [0.2, 0.25) is 5.91 Å². The van der Waals surface area contributed by atoms with Crippen molar-refractivity contribution < 1.29 is 9.21 Å². The Morgan fingerprint density at radius 2 is 2.10 bits per heavy atom. The Hall–Kier alpha value is -2.56. The van der Waals surface area contributed by atoms with Gasteiger partial charge in [0.1, 0.15) is 12.2 Å². The number of aromatic nitrogens is 2. The average Bonchev–Trinajstić information content (AvgIpc) is 3.08. The van der Waals surface area contributed by atoms with Crippen LogP contribution in [0.1, 0.15) is 0 Å². The zero-order valence-electron chi connectivity index (χ0n) is 11.2. The Morgan fingerprint density at radius 1 is 1.35 bits per heavy atom. The molecule has 0 atom stereocenters. The van der Waals surface area contributed by atoms with E-state index in [-0.39, 0.29) is 12.5 Å². The number of hydrogen-bond donors (Lipinski definition) is 0. The van der Waals surface area contributed by atoms with Crippen molar-refractivity contribution in [3.8, 4) is 11.5 Å². The van der Waals surface area contributed by atoms with Gasteiger partial charge in [-0.3, -0.25) is 9.48 Å². The molecule has 104 valence electrons. The zero-order valence-corrected chi connectivity index (χ0v) is 11.2. The van der Waals surface area contributed by atoms with Crippen molar-refractivity contribution >= 4 is 5.91 Å². The molecule has 0 saturated heterocycles. The highest BCUT2D eigenvalue weighted by atomic mass is 16.3. The van der Waals surface area contributed by atoms with Crippen LogP contribution < -0.4 is 0 Å². The van der Waals surface area contributed by atoms with Gasteiger partial charge in [-0.1, -0.05) is 12.2 Å². The van der Waals surface area contributed by atoms with Crippen molar-refractivity contribution in [3.63, 3.8) is 0 Å². The Balaban J connectivity index is 2.04. The molecule has 0 aliphatic heterocycles. The minimum Gasteiger partial charge on any atom is -0.463 e. The van der Waals surface area contributed by atoms with E-state index in [2.05, 4.69) is 18.3 Å². The Labute approximate surface area is 117 Å². The molecule has 5 heteroatoms. The lowest BCUT2D eigenvalue weighted by Gasteiger charge is -2.19. The molecular weight excluding hydrogens is 254 g/mol. The number of hydrogen-bond acceptors (Lipinski definition) is 3. The largest absolute Gasteiger partial charge is 0.463 e. The molecule has 2 rings (SSSR count). The molecule has 0 spiro atoms. The van der Waals surface area contributed by atoms with E-state index in [4.69, 9.17) is 4.42 Å². The summed E-state index contributed by atoms with van der Waals surface area (Å²) in [5.41, 5.74) is 0.710. The summed E-state index contributed by atoms with van der Waals surface area (Å²) >= 11 is 0. The SMILES string of the molecule is C=CCN(CC=C)C(=O)Cn1ccc(-c2ccco2)n1. The first-order valence-electron chi connectivity index (χ1n) is 6.31. The van der Waals surface area contributed by atoms with Crippen LogP contribution in [-0.4, -0.2) is 33.7 Å². The minimum atomic E-state index is -0.0288. The van der Waals surface area contributed by atoms with Gasteiger partial charge in [0.25, 0.3) is 0 Å². The van der Waals surface area contributed by atoms with Crippen LogP contribution in [0.5, 0.6) is 0 Å². The third-order valence-corrected chi connectivity index (χ3v) is 2.76. The Kier molecular flexibility index (Phi) is 4.55. The van der Waals surface area contributed by atoms with E-state index in [1.54, 1.807) is 40.3 Å². The summed E-state index contributed by atoms with van der Waals surface area (Å²) in [6.45, 7) is 8.47. The highest BCUT2D eigenvalue weighted by Crippen LogP contribution is 2.16. The predicted octanol–water partition coefficient (Wildman–Crippen LogP) is 2.34. The van der Waals surface area contributed by atoms with Gasteiger partial charge in [-0.05, 0) is 18.2 Å². The lowest BCUT2D eigenvalue weighted by Crippen LogP contribution is -2.34. The fraction of sp³-hybridized carbons (Fsp3) is 0.200. The van der Waals surface area contributed by atoms with Crippen LogP contribution in [0, 0.1) is 0 Å². The Morgan fingerprint density at radius 3 is 2.70 bits per heavy atom. The normalized spacial score (nSPS) is 10.2. The summed E-state index contributed by atoms with van der Waals surface area (Å²) in [6, 6.07) is 5.45. The minimum absolute atomic E-state index is 0.0288. The highest BCUT2D eigenvalue weighted by Gasteiger charge is 2.12. The first-order valence-corrected chi connectivity index (χ1v) is 6.31. The quantitative estimate of drug-likeness (QED) is 0.726. The topological polar surface area (TPSA) is 51.3 Å². The molecule has 5 nitrogen and oxygen atoms in total. The lowest BCUT2D eigenvalue weighted by atomic mass is 10.3. The summed E-state index contributed by atoms with van der Waals surface area (Å²) in [5, 5.41) is 4.32. The molecule has 0 fully saturated rings. The van der Waals surface area contributed by atoms with E-state index in [0.717, 1.165) is 0 Å². The van der Waals surface area contributed by atoms with Crippen LogP contribution in [0.3, 0.4) is 0 Å². The van der Waals surface area contributed by atoms with Crippen LogP contribution in [-0.2, 0) is 11.3 Å². The van der Waals surface area contributed by atoms with Gasteiger partial charge in [-0.2, -0.15) is 5.10 Å². The zero-order chi connectivity index (χ0) is 14.4. The average molecular weight is 271 g/mol. The van der Waals surface area contributed by atoms with Crippen LogP contribution >= 0.6 is 0 Å². The second-order valence-corrected chi connectivity index (χ2v) is 4.25. The molecule has 1 amide bonds. The van der Waals surface area contributed by atoms with Crippen LogP contribution in [0.15, 0.2) is 60.4 Å². The van der Waals surface area contributed by atoms with Crippen molar-refractivity contribution in [2.24, 2.45) is 0 Å². The fourth-order valence-corrected chi connectivity index (χ4v) is 1.83. The molecule has 2 aromatic rings. The van der Waals surface area contributed by atoms with E-state index < -0.39 is 0 Å². The van der Waals surface area contributed by atoms with Crippen molar-refractivity contribution in [2.45, 2.75) is 6.54 Å². The fourth-order valence-electron chi connectivity index (χ4n) is 1.83. The van der Waals surface area contributed by atoms with Gasteiger partial charge in [-0.25, -0.2) is 0 Å². The second kappa shape index (κ2) is 6.56. The van der Waals surface area contributed by atoms with Crippen LogP contribution in [0.25, 0.3) is 11.5 Å². The summed E-state index contributed by atoms with van der Waals surface area (Å²) in [7, 11) is 0. The molecular formula is C15H17N3O2. The number of carbonyl (C=O) groups excluding carboxylic acids is 1. The summed E-state index contributed by atoms with van der Waals surface area (Å²) < 4.78 is 6.86. The molecule has 0 unspecified atom stereocenters. The second-order valence-electron chi connectivity index (χ2n) is 4.25. The van der Waals surface area contributed by atoms with E-state index in [1.807, 2.05) is 12.1 Å². The first kappa shape index (κ1) is 13.9. The van der Waals surface area contributed by atoms with E-state index in [9.17, 15) is 4.79 Å². The summed E-state index contributed by atoms with van der Waals surface area (Å²) in [4.78, 5) is 13.8. The molecule has 0 aromatic carbocycles. The molecule has 0 N–H and O–H groups in total. The van der Waals surface area contributed by atoms with E-state index in [1.165, 1.54) is 0 Å². The Bertz CT molecular complexity index is 574. The predicted molar refractivity (Wildman–Crippen MR) is 76.9 cm³/mol. The third kappa shape index (κ3) is 3.26. The molecule has 0 radical (unpaired) electrons. The molecule has 0 aliphatic carbocycles. The van der Waals surface area contributed by atoms with Crippen molar-refractivity contribution in [1.29, 1.82) is 0 Å². The smallest absolute Gasteiger partial charge is 0.244 e. The molecule has 20 heavy (non-hydrogen) atoms. The maximum absolute atomic E-state index is 12.1. The van der Waals surface area contributed by atoms with Gasteiger partial charge in [0.15, 0.2) is 5.76 Å². The highest BCUT2D eigenvalue weighted by molar-refractivity contribution is 5.76. The lowest BCUT2D eigenvalue weighted by molar-refractivity contribution is -0.131. The monoisotopic (exact) mass is 271 g/mol. The number of furan rings is 1. The number of amides is 1. The van der Waals surface area contributed by atoms with Crippen molar-refractivity contribution in [2.75, 3.05) is 13.1 Å². The van der Waals surface area contributed by atoms with Gasteiger partial charge >= 0.3 is 0 Å². The van der Waals surface area contributed by atoms with Gasteiger partial charge in [-0.15, -0.1) is 13.2 Å². The van der Waals surface area contributed by atoms with Crippen LogP contribution in [0.2, 0.25) is 0 Å². The van der Waals surface area contributed by atoms with Crippen molar-refractivity contribution in [1.82, 2.24) is 14.7 Å². The standard InChI is InChI=1S/C15H17N3O2/c1-3-8-17(9-4-2)15(19)12-18-10-7-13(16-18)14-6-5-11-20-14/h3-7,10-11H,1-2,8-9,12H2. The first-order chi connectivity index (χ1) is 9.74. The van der Waals surface area contributed by atoms with Gasteiger partial charge in [0, 0.05) is 19.3 Å². The van der Waals surface area contributed by atoms with Crippen molar-refractivity contribution in [3.05, 3.63) is 56.0 Å². The number of nitrogens with zero attached hydrogens (tertiary/aromatic N) is 3. The molecule has 0 aliphatic rings. The molecule has 2 heterocycles. The van der Waals surface area contributed by atoms with Gasteiger partial charge < -0.3 is 9.32 Å². The maximum Gasteiger partial charge on any atom is 0.244 e. The number of carbonyl (C=O) groups is 1. The molecule has 2 aromatic heterocycles. The van der Waals surface area contributed by atoms with E-state index >= 15 is 0 Å². The van der Waals surface area contributed by atoms with Gasteiger partial charge in [0.05, 0.1) is 6.26 Å². The maximum atomic E-state index is 12.1. The molecule has 0 saturated carbocycles. The summed E-state index contributed by atoms with van der Waals surface area (Å²) in [6.07, 6.45) is 6.74.